The van der Waals surface area contributed by atoms with Crippen LogP contribution in [-0.4, -0.2) is 36.0 Å². The van der Waals surface area contributed by atoms with E-state index in [2.05, 4.69) is 10.3 Å². The summed E-state index contributed by atoms with van der Waals surface area (Å²) in [6, 6.07) is 7.30. The number of hydrogen-bond donors (Lipinski definition) is 1. The fourth-order valence-electron chi connectivity index (χ4n) is 2.71. The van der Waals surface area contributed by atoms with Crippen molar-refractivity contribution >= 4 is 29.6 Å². The van der Waals surface area contributed by atoms with Gasteiger partial charge in [-0.2, -0.15) is 0 Å². The molecule has 4 amide bonds. The molecule has 1 aromatic carbocycles. The zero-order chi connectivity index (χ0) is 20.1. The zero-order valence-electron chi connectivity index (χ0n) is 15.5. The number of nitrogens with one attached hydrogen (secondary N) is 1. The number of anilines is 1. The van der Waals surface area contributed by atoms with Crippen molar-refractivity contribution in [2.45, 2.75) is 13.8 Å². The molecular formula is C20H19N3O5. The van der Waals surface area contributed by atoms with Crippen molar-refractivity contribution in [1.82, 2.24) is 10.3 Å². The van der Waals surface area contributed by atoms with E-state index in [1.165, 1.54) is 30.6 Å². The molecule has 0 aliphatic carbocycles. The highest BCUT2D eigenvalue weighted by Gasteiger charge is 2.36. The van der Waals surface area contributed by atoms with Gasteiger partial charge in [-0.15, -0.1) is 0 Å². The molecule has 0 bridgehead atoms. The summed E-state index contributed by atoms with van der Waals surface area (Å²) < 4.78 is 11.1. The van der Waals surface area contributed by atoms with Crippen LogP contribution in [0.3, 0.4) is 0 Å². The van der Waals surface area contributed by atoms with Gasteiger partial charge in [0.05, 0.1) is 18.9 Å². The van der Waals surface area contributed by atoms with Gasteiger partial charge in [-0.25, -0.2) is 9.69 Å². The number of barbiturate groups is 1. The third kappa shape index (κ3) is 3.85. The van der Waals surface area contributed by atoms with E-state index in [1.54, 1.807) is 18.2 Å². The summed E-state index contributed by atoms with van der Waals surface area (Å²) >= 11 is 0. The molecule has 28 heavy (non-hydrogen) atoms. The first kappa shape index (κ1) is 19.1. The predicted octanol–water partition coefficient (Wildman–Crippen LogP) is 2.55. The molecule has 1 saturated heterocycles. The van der Waals surface area contributed by atoms with Crippen LogP contribution in [0.5, 0.6) is 11.5 Å². The number of benzene rings is 1. The molecule has 1 aliphatic heterocycles. The van der Waals surface area contributed by atoms with Gasteiger partial charge in [0.2, 0.25) is 0 Å². The molecule has 8 nitrogen and oxygen atoms in total. The molecule has 8 heteroatoms. The molecule has 0 unspecified atom stereocenters. The smallest absolute Gasteiger partial charge is 0.335 e. The molecule has 2 heterocycles. The number of rotatable bonds is 6. The van der Waals surface area contributed by atoms with Crippen LogP contribution >= 0.6 is 0 Å². The second kappa shape index (κ2) is 8.34. The summed E-state index contributed by atoms with van der Waals surface area (Å²) in [5, 5.41) is 2.18. The number of carbonyl (C=O) groups is 3. The summed E-state index contributed by atoms with van der Waals surface area (Å²) in [5.74, 6) is -0.400. The lowest BCUT2D eigenvalue weighted by Gasteiger charge is -2.26. The van der Waals surface area contributed by atoms with Crippen LogP contribution < -0.4 is 19.7 Å². The minimum Gasteiger partial charge on any atom is -0.490 e. The maximum absolute atomic E-state index is 12.8. The standard InChI is InChI=1S/C20H19N3O5/c1-3-27-16-6-5-13(12-17(16)28-4-2)11-15-18(24)22-20(26)23(19(15)25)14-7-9-21-10-8-14/h5-12H,3-4H2,1-2H3,(H,22,24,26)/b15-11+. The third-order valence-electron chi connectivity index (χ3n) is 3.90. The minimum atomic E-state index is -0.806. The van der Waals surface area contributed by atoms with Crippen molar-refractivity contribution in [3.63, 3.8) is 0 Å². The Morgan fingerprint density at radius 3 is 2.36 bits per heavy atom. The number of nitrogens with zero attached hydrogens (tertiary/aromatic N) is 2. The van der Waals surface area contributed by atoms with E-state index in [9.17, 15) is 14.4 Å². The zero-order valence-corrected chi connectivity index (χ0v) is 15.5. The quantitative estimate of drug-likeness (QED) is 0.610. The van der Waals surface area contributed by atoms with Crippen LogP contribution in [-0.2, 0) is 9.59 Å². The van der Waals surface area contributed by atoms with E-state index < -0.39 is 17.8 Å². The third-order valence-corrected chi connectivity index (χ3v) is 3.90. The second-order valence-corrected chi connectivity index (χ2v) is 5.74. The lowest BCUT2D eigenvalue weighted by atomic mass is 10.1. The molecule has 0 saturated carbocycles. The van der Waals surface area contributed by atoms with E-state index in [-0.39, 0.29) is 5.57 Å². The largest absolute Gasteiger partial charge is 0.490 e. The number of hydrogen-bond acceptors (Lipinski definition) is 6. The van der Waals surface area contributed by atoms with Gasteiger partial charge in [-0.1, -0.05) is 6.07 Å². The number of carbonyl (C=O) groups excluding carboxylic acids is 3. The number of urea groups is 1. The summed E-state index contributed by atoms with van der Waals surface area (Å²) in [5.41, 5.74) is 0.718. The van der Waals surface area contributed by atoms with Crippen molar-refractivity contribution in [1.29, 1.82) is 0 Å². The van der Waals surface area contributed by atoms with Crippen molar-refractivity contribution in [2.24, 2.45) is 0 Å². The van der Waals surface area contributed by atoms with Crippen LogP contribution in [0, 0.1) is 0 Å². The Kier molecular flexibility index (Phi) is 5.69. The maximum atomic E-state index is 12.8. The van der Waals surface area contributed by atoms with Crippen LogP contribution in [0.25, 0.3) is 6.08 Å². The Morgan fingerprint density at radius 2 is 1.68 bits per heavy atom. The Morgan fingerprint density at radius 1 is 1.00 bits per heavy atom. The monoisotopic (exact) mass is 381 g/mol. The van der Waals surface area contributed by atoms with Gasteiger partial charge in [0.1, 0.15) is 5.57 Å². The number of aromatic nitrogens is 1. The Hall–Kier alpha value is -3.68. The highest BCUT2D eigenvalue weighted by atomic mass is 16.5. The van der Waals surface area contributed by atoms with Crippen LogP contribution in [0.1, 0.15) is 19.4 Å². The van der Waals surface area contributed by atoms with Crippen molar-refractivity contribution in [2.75, 3.05) is 18.1 Å². The second-order valence-electron chi connectivity index (χ2n) is 5.74. The Labute approximate surface area is 161 Å². The van der Waals surface area contributed by atoms with Gasteiger partial charge in [0.15, 0.2) is 11.5 Å². The molecule has 1 fully saturated rings. The van der Waals surface area contributed by atoms with Crippen molar-refractivity contribution < 1.29 is 23.9 Å². The molecule has 2 aromatic rings. The van der Waals surface area contributed by atoms with E-state index >= 15 is 0 Å². The lowest BCUT2D eigenvalue weighted by molar-refractivity contribution is -0.122. The molecule has 3 rings (SSSR count). The van der Waals surface area contributed by atoms with Gasteiger partial charge >= 0.3 is 6.03 Å². The van der Waals surface area contributed by atoms with E-state index in [1.807, 2.05) is 13.8 Å². The fourth-order valence-corrected chi connectivity index (χ4v) is 2.71. The molecule has 1 aliphatic rings. The first-order valence-corrected chi connectivity index (χ1v) is 8.76. The topological polar surface area (TPSA) is 97.8 Å². The Balaban J connectivity index is 1.98. The molecule has 144 valence electrons. The van der Waals surface area contributed by atoms with Crippen molar-refractivity contribution in [3.8, 4) is 11.5 Å². The summed E-state index contributed by atoms with van der Waals surface area (Å²) in [6.45, 7) is 4.62. The number of amides is 4. The van der Waals surface area contributed by atoms with Crippen molar-refractivity contribution in [3.05, 3.63) is 53.9 Å². The molecule has 1 aromatic heterocycles. The number of ether oxygens (including phenoxy) is 2. The summed E-state index contributed by atoms with van der Waals surface area (Å²) in [4.78, 5) is 42.0. The first-order valence-electron chi connectivity index (χ1n) is 8.76. The van der Waals surface area contributed by atoms with Gasteiger partial charge in [-0.3, -0.25) is 19.9 Å². The minimum absolute atomic E-state index is 0.164. The van der Waals surface area contributed by atoms with E-state index in [0.717, 1.165) is 4.90 Å². The van der Waals surface area contributed by atoms with E-state index in [0.29, 0.717) is 36.0 Å². The molecule has 1 N–H and O–H groups in total. The van der Waals surface area contributed by atoms with Crippen LogP contribution in [0.15, 0.2) is 48.3 Å². The van der Waals surface area contributed by atoms with Gasteiger partial charge < -0.3 is 9.47 Å². The lowest BCUT2D eigenvalue weighted by Crippen LogP contribution is -2.54. The predicted molar refractivity (Wildman–Crippen MR) is 102 cm³/mol. The Bertz CT molecular complexity index is 940. The summed E-state index contributed by atoms with van der Waals surface area (Å²) in [6.07, 6.45) is 4.32. The van der Waals surface area contributed by atoms with Crippen LogP contribution in [0.4, 0.5) is 10.5 Å². The maximum Gasteiger partial charge on any atom is 0.335 e. The van der Waals surface area contributed by atoms with Gasteiger partial charge in [0.25, 0.3) is 11.8 Å². The normalized spacial score (nSPS) is 15.6. The molecule has 0 radical (unpaired) electrons. The summed E-state index contributed by atoms with van der Waals surface area (Å²) in [7, 11) is 0. The number of imide groups is 2. The fraction of sp³-hybridized carbons (Fsp3) is 0.200. The van der Waals surface area contributed by atoms with Gasteiger partial charge in [-0.05, 0) is 49.8 Å². The average Bonchev–Trinajstić information content (AvgIpc) is 2.68. The highest BCUT2D eigenvalue weighted by Crippen LogP contribution is 2.30. The average molecular weight is 381 g/mol. The van der Waals surface area contributed by atoms with Gasteiger partial charge in [0, 0.05) is 12.4 Å². The molecule has 0 spiro atoms. The molecule has 0 atom stereocenters. The van der Waals surface area contributed by atoms with Crippen LogP contribution in [0.2, 0.25) is 0 Å². The highest BCUT2D eigenvalue weighted by molar-refractivity contribution is 6.39. The number of pyridine rings is 1. The SMILES string of the molecule is CCOc1ccc(/C=C2\C(=O)NC(=O)N(c3ccncc3)C2=O)cc1OCC. The van der Waals surface area contributed by atoms with E-state index in [4.69, 9.17) is 9.47 Å². The first-order chi connectivity index (χ1) is 13.5. The molecular weight excluding hydrogens is 362 g/mol.